The number of ether oxygens (including phenoxy) is 1. The van der Waals surface area contributed by atoms with Crippen molar-refractivity contribution in [3.63, 3.8) is 0 Å². The molecular weight excluding hydrogens is 262 g/mol. The van der Waals surface area contributed by atoms with E-state index in [0.717, 1.165) is 4.90 Å². The van der Waals surface area contributed by atoms with E-state index in [9.17, 15) is 14.4 Å². The Morgan fingerprint density at radius 1 is 1.25 bits per heavy atom. The first kappa shape index (κ1) is 12.7. The van der Waals surface area contributed by atoms with Gasteiger partial charge in [0.05, 0.1) is 0 Å². The third-order valence-corrected chi connectivity index (χ3v) is 3.58. The van der Waals surface area contributed by atoms with Gasteiger partial charge in [0.1, 0.15) is 6.54 Å². The fourth-order valence-corrected chi connectivity index (χ4v) is 2.44. The van der Waals surface area contributed by atoms with Crippen LogP contribution in [0.4, 0.5) is 4.79 Å². The molecule has 0 bridgehead atoms. The lowest BCUT2D eigenvalue weighted by Crippen LogP contribution is -2.55. The number of cyclic esters (lactones) is 1. The monoisotopic (exact) mass is 277 g/mol. The second kappa shape index (κ2) is 4.99. The summed E-state index contributed by atoms with van der Waals surface area (Å²) in [6.07, 6.45) is 3.11. The SMILES string of the molecule is O=C(Cn1cccc1)N1CC(CN2C(=O)COC2=O)C1. The largest absolute Gasteiger partial charge is 0.439 e. The molecule has 0 atom stereocenters. The molecular formula is C13H15N3O4. The summed E-state index contributed by atoms with van der Waals surface area (Å²) in [5.74, 6) is -0.0990. The predicted octanol–water partition coefficient (Wildman–Crippen LogP) is -0.0747. The Morgan fingerprint density at radius 2 is 1.95 bits per heavy atom. The van der Waals surface area contributed by atoms with Crippen LogP contribution >= 0.6 is 0 Å². The first-order valence-corrected chi connectivity index (χ1v) is 6.49. The molecule has 7 heteroatoms. The molecule has 20 heavy (non-hydrogen) atoms. The molecule has 2 fully saturated rings. The van der Waals surface area contributed by atoms with Crippen molar-refractivity contribution in [1.82, 2.24) is 14.4 Å². The number of likely N-dealkylation sites (tertiary alicyclic amines) is 1. The summed E-state index contributed by atoms with van der Waals surface area (Å²) in [5, 5.41) is 0. The zero-order valence-electron chi connectivity index (χ0n) is 10.9. The van der Waals surface area contributed by atoms with Gasteiger partial charge in [-0.15, -0.1) is 0 Å². The Kier molecular flexibility index (Phi) is 3.17. The summed E-state index contributed by atoms with van der Waals surface area (Å²) in [7, 11) is 0. The van der Waals surface area contributed by atoms with Gasteiger partial charge >= 0.3 is 6.09 Å². The molecule has 0 aromatic carbocycles. The lowest BCUT2D eigenvalue weighted by Gasteiger charge is -2.40. The molecule has 0 N–H and O–H groups in total. The molecule has 106 valence electrons. The van der Waals surface area contributed by atoms with Crippen LogP contribution in [0.2, 0.25) is 0 Å². The minimum atomic E-state index is -0.577. The number of hydrogen-bond donors (Lipinski definition) is 0. The van der Waals surface area contributed by atoms with Crippen LogP contribution in [0.15, 0.2) is 24.5 Å². The van der Waals surface area contributed by atoms with Gasteiger partial charge in [-0.05, 0) is 12.1 Å². The number of aromatic nitrogens is 1. The van der Waals surface area contributed by atoms with Gasteiger partial charge in [-0.25, -0.2) is 9.69 Å². The van der Waals surface area contributed by atoms with Crippen molar-refractivity contribution >= 4 is 17.9 Å². The van der Waals surface area contributed by atoms with Crippen LogP contribution in [0.1, 0.15) is 0 Å². The summed E-state index contributed by atoms with van der Waals surface area (Å²) in [4.78, 5) is 37.5. The molecule has 0 saturated carbocycles. The molecule has 0 aliphatic carbocycles. The van der Waals surface area contributed by atoms with Gasteiger partial charge in [-0.3, -0.25) is 9.59 Å². The van der Waals surface area contributed by atoms with Gasteiger partial charge in [0.25, 0.3) is 5.91 Å². The first-order chi connectivity index (χ1) is 9.63. The Labute approximate surface area is 115 Å². The highest BCUT2D eigenvalue weighted by atomic mass is 16.6. The standard InChI is InChI=1S/C13H15N3O4/c17-11(8-14-3-1-2-4-14)15-5-10(6-15)7-16-12(18)9-20-13(16)19/h1-4,10H,5-9H2. The van der Waals surface area contributed by atoms with E-state index in [-0.39, 0.29) is 24.3 Å². The average Bonchev–Trinajstić information content (AvgIpc) is 2.96. The zero-order valence-corrected chi connectivity index (χ0v) is 10.9. The van der Waals surface area contributed by atoms with Crippen LogP contribution < -0.4 is 0 Å². The van der Waals surface area contributed by atoms with Gasteiger partial charge in [-0.2, -0.15) is 0 Å². The highest BCUT2D eigenvalue weighted by Gasteiger charge is 2.38. The highest BCUT2D eigenvalue weighted by Crippen LogP contribution is 2.19. The molecule has 3 heterocycles. The lowest BCUT2D eigenvalue weighted by atomic mass is 9.99. The molecule has 3 rings (SSSR count). The molecule has 3 amide bonds. The smallest absolute Gasteiger partial charge is 0.417 e. The van der Waals surface area contributed by atoms with Crippen molar-refractivity contribution in [2.24, 2.45) is 5.92 Å². The molecule has 1 aromatic heterocycles. The zero-order chi connectivity index (χ0) is 14.1. The van der Waals surface area contributed by atoms with Gasteiger partial charge in [0.2, 0.25) is 5.91 Å². The van der Waals surface area contributed by atoms with E-state index >= 15 is 0 Å². The number of rotatable bonds is 4. The number of carbonyl (C=O) groups excluding carboxylic acids is 3. The molecule has 2 saturated heterocycles. The third-order valence-electron chi connectivity index (χ3n) is 3.58. The topological polar surface area (TPSA) is 71.8 Å². The van der Waals surface area contributed by atoms with Crippen LogP contribution in [0.5, 0.6) is 0 Å². The maximum absolute atomic E-state index is 11.9. The molecule has 0 spiro atoms. The van der Waals surface area contributed by atoms with Gasteiger partial charge < -0.3 is 14.2 Å². The van der Waals surface area contributed by atoms with Crippen molar-refractivity contribution in [2.75, 3.05) is 26.2 Å². The van der Waals surface area contributed by atoms with E-state index < -0.39 is 6.09 Å². The normalized spacial score (nSPS) is 19.2. The van der Waals surface area contributed by atoms with Crippen molar-refractivity contribution in [1.29, 1.82) is 0 Å². The van der Waals surface area contributed by atoms with E-state index in [1.165, 1.54) is 0 Å². The van der Waals surface area contributed by atoms with Crippen LogP contribution in [0, 0.1) is 5.92 Å². The van der Waals surface area contributed by atoms with E-state index in [0.29, 0.717) is 26.2 Å². The quantitative estimate of drug-likeness (QED) is 0.772. The molecule has 1 aromatic rings. The maximum atomic E-state index is 11.9. The Morgan fingerprint density at radius 3 is 2.55 bits per heavy atom. The van der Waals surface area contributed by atoms with Gasteiger partial charge in [0, 0.05) is 37.9 Å². The van der Waals surface area contributed by atoms with Crippen molar-refractivity contribution in [3.8, 4) is 0 Å². The fourth-order valence-electron chi connectivity index (χ4n) is 2.44. The predicted molar refractivity (Wildman–Crippen MR) is 67.6 cm³/mol. The van der Waals surface area contributed by atoms with E-state index in [2.05, 4.69) is 4.74 Å². The highest BCUT2D eigenvalue weighted by molar-refractivity contribution is 5.97. The van der Waals surface area contributed by atoms with Crippen molar-refractivity contribution in [2.45, 2.75) is 6.54 Å². The number of amides is 3. The Bertz CT molecular complexity index is 518. The Balaban J connectivity index is 1.45. The second-order valence-corrected chi connectivity index (χ2v) is 5.08. The maximum Gasteiger partial charge on any atom is 0.417 e. The average molecular weight is 277 g/mol. The lowest BCUT2D eigenvalue weighted by molar-refractivity contribution is -0.138. The van der Waals surface area contributed by atoms with E-state index in [4.69, 9.17) is 0 Å². The number of hydrogen-bond acceptors (Lipinski definition) is 4. The fraction of sp³-hybridized carbons (Fsp3) is 0.462. The molecule has 7 nitrogen and oxygen atoms in total. The summed E-state index contributed by atoms with van der Waals surface area (Å²) >= 11 is 0. The second-order valence-electron chi connectivity index (χ2n) is 5.08. The summed E-state index contributed by atoms with van der Waals surface area (Å²) < 4.78 is 6.46. The van der Waals surface area contributed by atoms with Crippen LogP contribution in [0.25, 0.3) is 0 Å². The third kappa shape index (κ3) is 2.38. The molecule has 0 unspecified atom stereocenters. The number of nitrogens with zero attached hydrogens (tertiary/aromatic N) is 3. The van der Waals surface area contributed by atoms with Crippen LogP contribution in [0.3, 0.4) is 0 Å². The van der Waals surface area contributed by atoms with Gasteiger partial charge in [0.15, 0.2) is 6.61 Å². The molecule has 0 radical (unpaired) electrons. The van der Waals surface area contributed by atoms with Crippen molar-refractivity contribution in [3.05, 3.63) is 24.5 Å². The van der Waals surface area contributed by atoms with Gasteiger partial charge in [-0.1, -0.05) is 0 Å². The first-order valence-electron chi connectivity index (χ1n) is 6.49. The van der Waals surface area contributed by atoms with Crippen LogP contribution in [-0.4, -0.2) is 58.5 Å². The summed E-state index contributed by atoms with van der Waals surface area (Å²) in [5.41, 5.74) is 0. The van der Waals surface area contributed by atoms with Crippen LogP contribution in [-0.2, 0) is 20.9 Å². The minimum Gasteiger partial charge on any atom is -0.439 e. The summed E-state index contributed by atoms with van der Waals surface area (Å²) in [6, 6.07) is 3.74. The number of imide groups is 1. The Hall–Kier alpha value is -2.31. The number of carbonyl (C=O) groups is 3. The van der Waals surface area contributed by atoms with E-state index in [1.54, 1.807) is 4.90 Å². The van der Waals surface area contributed by atoms with E-state index in [1.807, 2.05) is 29.1 Å². The molecule has 2 aliphatic rings. The minimum absolute atomic E-state index is 0.0489. The van der Waals surface area contributed by atoms with Crippen molar-refractivity contribution < 1.29 is 19.1 Å². The summed E-state index contributed by atoms with van der Waals surface area (Å²) in [6.45, 7) is 1.66. The molecule has 2 aliphatic heterocycles.